The van der Waals surface area contributed by atoms with Crippen molar-refractivity contribution in [2.24, 2.45) is 0 Å². The molecule has 0 saturated heterocycles. The number of hydrogen-bond donors (Lipinski definition) is 0. The summed E-state index contributed by atoms with van der Waals surface area (Å²) in [6, 6.07) is 5.69. The maximum Gasteiger partial charge on any atom is 0.272 e. The summed E-state index contributed by atoms with van der Waals surface area (Å²) in [4.78, 5) is 28.7. The van der Waals surface area contributed by atoms with Crippen molar-refractivity contribution in [1.29, 1.82) is 0 Å². The number of amides is 1. The van der Waals surface area contributed by atoms with E-state index in [0.717, 1.165) is 37.2 Å². The summed E-state index contributed by atoms with van der Waals surface area (Å²) in [5.41, 5.74) is 1.59. The second kappa shape index (κ2) is 8.96. The molecule has 0 saturated carbocycles. The molecule has 0 unspecified atom stereocenters. The Morgan fingerprint density at radius 1 is 1.12 bits per heavy atom. The maximum absolute atomic E-state index is 12.6. The van der Waals surface area contributed by atoms with Gasteiger partial charge in [0.1, 0.15) is 17.8 Å². The van der Waals surface area contributed by atoms with Crippen molar-refractivity contribution in [1.82, 2.24) is 19.9 Å². The van der Waals surface area contributed by atoms with Gasteiger partial charge in [-0.3, -0.25) is 9.78 Å². The molecule has 0 radical (unpaired) electrons. The van der Waals surface area contributed by atoms with Crippen LogP contribution >= 0.6 is 0 Å². The van der Waals surface area contributed by atoms with Crippen LogP contribution < -0.4 is 4.90 Å². The first-order valence-corrected chi connectivity index (χ1v) is 8.29. The third-order valence-corrected chi connectivity index (χ3v) is 3.94. The number of carbonyl (C=O) groups is 1. The van der Waals surface area contributed by atoms with E-state index in [-0.39, 0.29) is 5.91 Å². The van der Waals surface area contributed by atoms with Gasteiger partial charge in [-0.05, 0) is 30.5 Å². The first kappa shape index (κ1) is 17.8. The normalized spacial score (nSPS) is 10.5. The van der Waals surface area contributed by atoms with Crippen LogP contribution in [0.4, 0.5) is 5.82 Å². The highest BCUT2D eigenvalue weighted by Gasteiger charge is 2.15. The fourth-order valence-corrected chi connectivity index (χ4v) is 2.33. The van der Waals surface area contributed by atoms with E-state index in [1.54, 1.807) is 30.4 Å². The Labute approximate surface area is 143 Å². The average Bonchev–Trinajstić information content (AvgIpc) is 2.64. The zero-order chi connectivity index (χ0) is 17.4. The van der Waals surface area contributed by atoms with Gasteiger partial charge in [-0.1, -0.05) is 13.3 Å². The molecular weight excluding hydrogens is 302 g/mol. The molecule has 2 aromatic rings. The monoisotopic (exact) mass is 327 g/mol. The zero-order valence-electron chi connectivity index (χ0n) is 14.6. The second-order valence-corrected chi connectivity index (χ2v) is 5.87. The number of likely N-dealkylation sites (N-methyl/N-ethyl adjacent to an activating group) is 1. The molecule has 0 aliphatic rings. The first-order valence-electron chi connectivity index (χ1n) is 8.29. The Hall–Kier alpha value is -2.50. The van der Waals surface area contributed by atoms with Crippen molar-refractivity contribution in [3.8, 4) is 0 Å². The summed E-state index contributed by atoms with van der Waals surface area (Å²) in [7, 11) is 3.78. The molecule has 6 heteroatoms. The minimum atomic E-state index is -0.0865. The molecule has 6 nitrogen and oxygen atoms in total. The number of rotatable bonds is 8. The molecule has 0 aromatic carbocycles. The van der Waals surface area contributed by atoms with Gasteiger partial charge in [-0.2, -0.15) is 0 Å². The lowest BCUT2D eigenvalue weighted by atomic mass is 10.2. The first-order chi connectivity index (χ1) is 11.6. The van der Waals surface area contributed by atoms with Gasteiger partial charge in [-0.15, -0.1) is 0 Å². The van der Waals surface area contributed by atoms with Crippen molar-refractivity contribution in [2.45, 2.75) is 26.2 Å². The van der Waals surface area contributed by atoms with Gasteiger partial charge < -0.3 is 9.80 Å². The van der Waals surface area contributed by atoms with E-state index in [1.807, 2.05) is 19.2 Å². The molecule has 0 bridgehead atoms. The molecule has 0 aliphatic carbocycles. The summed E-state index contributed by atoms with van der Waals surface area (Å²) in [5, 5.41) is 0. The second-order valence-electron chi connectivity index (χ2n) is 5.87. The number of carbonyl (C=O) groups excluding carboxylic acids is 1. The van der Waals surface area contributed by atoms with Crippen LogP contribution in [-0.4, -0.2) is 52.9 Å². The quantitative estimate of drug-likeness (QED) is 0.745. The van der Waals surface area contributed by atoms with Crippen molar-refractivity contribution < 1.29 is 4.79 Å². The van der Waals surface area contributed by atoms with Crippen molar-refractivity contribution in [3.63, 3.8) is 0 Å². The molecule has 0 aliphatic heterocycles. The summed E-state index contributed by atoms with van der Waals surface area (Å²) in [6.07, 6.45) is 8.00. The zero-order valence-corrected chi connectivity index (χ0v) is 14.6. The van der Waals surface area contributed by atoms with Crippen molar-refractivity contribution in [2.75, 3.05) is 32.1 Å². The SMILES string of the molecule is CCCCN(C)c1cc(C(=O)N(C)CCc2ccncc2)ncn1. The summed E-state index contributed by atoms with van der Waals surface area (Å²) in [6.45, 7) is 3.70. The fourth-order valence-electron chi connectivity index (χ4n) is 2.33. The number of nitrogens with zero attached hydrogens (tertiary/aromatic N) is 5. The minimum absolute atomic E-state index is 0.0865. The number of anilines is 1. The number of aromatic nitrogens is 3. The third kappa shape index (κ3) is 5.01. The molecule has 0 fully saturated rings. The van der Waals surface area contributed by atoms with Crippen LogP contribution in [0, 0.1) is 0 Å². The standard InChI is InChI=1S/C18H25N5O/c1-4-5-11-22(2)17-13-16(20-14-21-17)18(24)23(3)12-8-15-6-9-19-10-7-15/h6-7,9-10,13-14H,4-5,8,11-12H2,1-3H3. The Morgan fingerprint density at radius 2 is 1.88 bits per heavy atom. The molecule has 0 spiro atoms. The highest BCUT2D eigenvalue weighted by Crippen LogP contribution is 2.12. The highest BCUT2D eigenvalue weighted by atomic mass is 16.2. The maximum atomic E-state index is 12.6. The largest absolute Gasteiger partial charge is 0.360 e. The summed E-state index contributed by atoms with van der Waals surface area (Å²) < 4.78 is 0. The molecule has 128 valence electrons. The van der Waals surface area contributed by atoms with Gasteiger partial charge in [0.15, 0.2) is 0 Å². The average molecular weight is 327 g/mol. The Bertz CT molecular complexity index is 647. The van der Waals surface area contributed by atoms with E-state index in [9.17, 15) is 4.79 Å². The lowest BCUT2D eigenvalue weighted by molar-refractivity contribution is 0.0790. The van der Waals surface area contributed by atoms with Gasteiger partial charge in [-0.25, -0.2) is 9.97 Å². The number of pyridine rings is 1. The molecule has 2 aromatic heterocycles. The minimum Gasteiger partial charge on any atom is -0.360 e. The van der Waals surface area contributed by atoms with E-state index >= 15 is 0 Å². The predicted molar refractivity (Wildman–Crippen MR) is 95.1 cm³/mol. The van der Waals surface area contributed by atoms with Crippen LogP contribution in [0.3, 0.4) is 0 Å². The lowest BCUT2D eigenvalue weighted by Gasteiger charge is -2.20. The van der Waals surface area contributed by atoms with Crippen LogP contribution in [0.1, 0.15) is 35.8 Å². The Kier molecular flexibility index (Phi) is 6.66. The molecule has 0 N–H and O–H groups in total. The van der Waals surface area contributed by atoms with Gasteiger partial charge in [0.25, 0.3) is 5.91 Å². The molecule has 24 heavy (non-hydrogen) atoms. The third-order valence-electron chi connectivity index (χ3n) is 3.94. The highest BCUT2D eigenvalue weighted by molar-refractivity contribution is 5.92. The van der Waals surface area contributed by atoms with Crippen LogP contribution in [0.25, 0.3) is 0 Å². The lowest BCUT2D eigenvalue weighted by Crippen LogP contribution is -2.30. The summed E-state index contributed by atoms with van der Waals surface area (Å²) >= 11 is 0. The van der Waals surface area contributed by atoms with Crippen LogP contribution in [0.5, 0.6) is 0 Å². The van der Waals surface area contributed by atoms with Gasteiger partial charge in [0, 0.05) is 45.6 Å². The van der Waals surface area contributed by atoms with Crippen LogP contribution in [-0.2, 0) is 6.42 Å². The predicted octanol–water partition coefficient (Wildman–Crippen LogP) is 2.42. The number of unbranched alkanes of at least 4 members (excludes halogenated alkanes) is 1. The van der Waals surface area contributed by atoms with Gasteiger partial charge in [0.05, 0.1) is 0 Å². The van der Waals surface area contributed by atoms with E-state index in [4.69, 9.17) is 0 Å². The molecule has 1 amide bonds. The van der Waals surface area contributed by atoms with Crippen molar-refractivity contribution in [3.05, 3.63) is 48.2 Å². The van der Waals surface area contributed by atoms with E-state index in [2.05, 4.69) is 26.8 Å². The Balaban J connectivity index is 1.98. The Morgan fingerprint density at radius 3 is 2.58 bits per heavy atom. The molecular formula is C18H25N5O. The molecule has 2 heterocycles. The van der Waals surface area contributed by atoms with Crippen LogP contribution in [0.2, 0.25) is 0 Å². The smallest absolute Gasteiger partial charge is 0.272 e. The fraction of sp³-hybridized carbons (Fsp3) is 0.444. The van der Waals surface area contributed by atoms with Crippen molar-refractivity contribution >= 4 is 11.7 Å². The molecule has 0 atom stereocenters. The molecule has 2 rings (SSSR count). The van der Waals surface area contributed by atoms with E-state index < -0.39 is 0 Å². The van der Waals surface area contributed by atoms with Gasteiger partial charge >= 0.3 is 0 Å². The van der Waals surface area contributed by atoms with Gasteiger partial charge in [0.2, 0.25) is 0 Å². The van der Waals surface area contributed by atoms with Crippen LogP contribution in [0.15, 0.2) is 36.9 Å². The summed E-state index contributed by atoms with van der Waals surface area (Å²) in [5.74, 6) is 0.695. The van der Waals surface area contributed by atoms with E-state index in [1.165, 1.54) is 6.33 Å². The van der Waals surface area contributed by atoms with E-state index in [0.29, 0.717) is 12.2 Å². The topological polar surface area (TPSA) is 62.2 Å². The number of hydrogen-bond acceptors (Lipinski definition) is 5.